The van der Waals surface area contributed by atoms with Crippen LogP contribution >= 0.6 is 0 Å². The number of pyridine rings is 1. The first-order chi connectivity index (χ1) is 18.9. The highest BCUT2D eigenvalue weighted by Gasteiger charge is 2.36. The molecule has 0 fully saturated rings. The number of rotatable bonds is 7. The Kier molecular flexibility index (Phi) is 8.89. The Bertz CT molecular complexity index is 1500. The van der Waals surface area contributed by atoms with Crippen LogP contribution in [0, 0.1) is 5.82 Å². The average Bonchev–Trinajstić information content (AvgIpc) is 3.28. The van der Waals surface area contributed by atoms with Crippen molar-refractivity contribution in [2.24, 2.45) is 0 Å². The van der Waals surface area contributed by atoms with Gasteiger partial charge in [-0.25, -0.2) is 4.39 Å². The molecule has 6 heteroatoms. The second kappa shape index (κ2) is 12.5. The van der Waals surface area contributed by atoms with Gasteiger partial charge < -0.3 is 14.7 Å². The monoisotopic (exact) mass is 524 g/mol. The van der Waals surface area contributed by atoms with Crippen molar-refractivity contribution in [3.63, 3.8) is 0 Å². The smallest absolute Gasteiger partial charge is 0.258 e. The first-order valence-electron chi connectivity index (χ1n) is 12.9. The van der Waals surface area contributed by atoms with Gasteiger partial charge in [0.2, 0.25) is 0 Å². The van der Waals surface area contributed by atoms with Crippen LogP contribution in [0.5, 0.6) is 5.75 Å². The van der Waals surface area contributed by atoms with E-state index in [1.165, 1.54) is 12.1 Å². The average molecular weight is 525 g/mol. The number of carbonyl (C=O) groups is 1. The molecule has 1 N–H and O–H groups in total. The fourth-order valence-electron chi connectivity index (χ4n) is 4.77. The van der Waals surface area contributed by atoms with Gasteiger partial charge in [-0.1, -0.05) is 60.7 Å². The minimum Gasteiger partial charge on any atom is -0.478 e. The third-order valence-electron chi connectivity index (χ3n) is 6.74. The van der Waals surface area contributed by atoms with Gasteiger partial charge in [-0.2, -0.15) is 0 Å². The maximum absolute atomic E-state index is 13.8. The van der Waals surface area contributed by atoms with E-state index in [2.05, 4.69) is 11.6 Å². The molecule has 0 bridgehead atoms. The number of benzene rings is 3. The number of ether oxygens (including phenoxy) is 1. The van der Waals surface area contributed by atoms with Gasteiger partial charge in [0.1, 0.15) is 17.4 Å². The molecule has 1 aliphatic heterocycles. The minimum atomic E-state index is -0.413. The van der Waals surface area contributed by atoms with E-state index < -0.39 is 6.10 Å². The predicted molar refractivity (Wildman–Crippen MR) is 153 cm³/mol. The van der Waals surface area contributed by atoms with Crippen molar-refractivity contribution >= 4 is 16.8 Å². The molecule has 0 saturated carbocycles. The number of nitrogens with zero attached hydrogens (tertiary/aromatic N) is 2. The summed E-state index contributed by atoms with van der Waals surface area (Å²) in [6.07, 6.45) is 5.00. The molecule has 0 radical (unpaired) electrons. The van der Waals surface area contributed by atoms with E-state index >= 15 is 0 Å². The number of aliphatic hydroxyl groups is 1. The van der Waals surface area contributed by atoms with E-state index in [-0.39, 0.29) is 18.3 Å². The van der Waals surface area contributed by atoms with Crippen molar-refractivity contribution in [2.75, 3.05) is 0 Å². The van der Waals surface area contributed by atoms with Gasteiger partial charge in [0.25, 0.3) is 5.91 Å². The Labute approximate surface area is 228 Å². The largest absolute Gasteiger partial charge is 0.478 e. The third-order valence-corrected chi connectivity index (χ3v) is 6.74. The molecule has 1 aromatic heterocycles. The number of hydrogen-bond acceptors (Lipinski definition) is 4. The molecule has 0 spiro atoms. The Morgan fingerprint density at radius 2 is 1.82 bits per heavy atom. The molecule has 2 heterocycles. The molecule has 4 aromatic rings. The van der Waals surface area contributed by atoms with E-state index in [9.17, 15) is 14.3 Å². The Morgan fingerprint density at radius 1 is 1.13 bits per heavy atom. The van der Waals surface area contributed by atoms with E-state index in [0.717, 1.165) is 27.6 Å². The second-order valence-corrected chi connectivity index (χ2v) is 9.36. The van der Waals surface area contributed by atoms with E-state index in [0.29, 0.717) is 35.5 Å². The molecule has 0 aliphatic carbocycles. The van der Waals surface area contributed by atoms with Crippen molar-refractivity contribution < 1.29 is 19.0 Å². The van der Waals surface area contributed by atoms with E-state index in [4.69, 9.17) is 4.74 Å². The number of aromatic nitrogens is 1. The van der Waals surface area contributed by atoms with Crippen molar-refractivity contribution in [3.05, 3.63) is 131 Å². The van der Waals surface area contributed by atoms with Crippen LogP contribution < -0.4 is 4.74 Å². The van der Waals surface area contributed by atoms with Gasteiger partial charge >= 0.3 is 0 Å². The van der Waals surface area contributed by atoms with Crippen molar-refractivity contribution in [3.8, 4) is 5.75 Å². The summed E-state index contributed by atoms with van der Waals surface area (Å²) < 4.78 is 20.1. The molecule has 1 unspecified atom stereocenters. The Morgan fingerprint density at radius 3 is 2.46 bits per heavy atom. The molecule has 3 aromatic carbocycles. The lowest BCUT2D eigenvalue weighted by Crippen LogP contribution is -2.23. The molecule has 5 nitrogen and oxygen atoms in total. The Balaban J connectivity index is 0.00000112. The molecule has 0 saturated heterocycles. The summed E-state index contributed by atoms with van der Waals surface area (Å²) in [5, 5.41) is 11.1. The van der Waals surface area contributed by atoms with Gasteiger partial charge in [0.15, 0.2) is 5.75 Å². The zero-order valence-electron chi connectivity index (χ0n) is 22.5. The quantitative estimate of drug-likeness (QED) is 0.258. The molecule has 200 valence electrons. The zero-order valence-corrected chi connectivity index (χ0v) is 22.5. The molecular weight excluding hydrogens is 491 g/mol. The highest BCUT2D eigenvalue weighted by Crippen LogP contribution is 2.43. The molecule has 1 atom stereocenters. The number of aliphatic hydroxyl groups excluding tert-OH is 1. The van der Waals surface area contributed by atoms with Crippen LogP contribution in [0.4, 0.5) is 4.39 Å². The number of hydrogen-bond donors (Lipinski definition) is 1. The van der Waals surface area contributed by atoms with Crippen LogP contribution in [0.25, 0.3) is 10.9 Å². The van der Waals surface area contributed by atoms with Crippen LogP contribution in [-0.2, 0) is 19.7 Å². The van der Waals surface area contributed by atoms with Crippen molar-refractivity contribution in [1.29, 1.82) is 0 Å². The van der Waals surface area contributed by atoms with Gasteiger partial charge in [0.05, 0.1) is 12.2 Å². The summed E-state index contributed by atoms with van der Waals surface area (Å²) in [5.41, 5.74) is 5.17. The third kappa shape index (κ3) is 5.76. The number of fused-ring (bicyclic) bond motifs is 2. The summed E-state index contributed by atoms with van der Waals surface area (Å²) in [4.78, 5) is 20.1. The fourth-order valence-corrected chi connectivity index (χ4v) is 4.77. The molecular formula is C33H33FN2O3. The number of allylic oxidation sites excluding steroid dienone is 2. The van der Waals surface area contributed by atoms with Crippen LogP contribution in [0.3, 0.4) is 0 Å². The van der Waals surface area contributed by atoms with Gasteiger partial charge in [-0.15, -0.1) is 6.58 Å². The molecule has 1 amide bonds. The maximum Gasteiger partial charge on any atom is 0.258 e. The maximum atomic E-state index is 13.8. The van der Waals surface area contributed by atoms with Crippen molar-refractivity contribution in [2.45, 2.75) is 46.6 Å². The standard InChI is InChI=1S/C30H27FN2O3.C3H6/c1-3-19(2)28(21-8-5-4-6-9-21)36-29-26-24(25(18-34)23-10-7-15-32-27(23)29)17-33(30(26)35)16-20-11-13-22(31)14-12-20;1-3-2/h3-15,28,34H,16-18H2,1-2H3;3H,1H2,2H3/b19-3+;. The first-order valence-corrected chi connectivity index (χ1v) is 12.9. The lowest BCUT2D eigenvalue weighted by molar-refractivity contribution is 0.0762. The van der Waals surface area contributed by atoms with Crippen LogP contribution in [-0.4, -0.2) is 20.9 Å². The van der Waals surface area contributed by atoms with Crippen LogP contribution in [0.2, 0.25) is 0 Å². The fraction of sp³-hybridized carbons (Fsp3) is 0.212. The first kappa shape index (κ1) is 27.7. The second-order valence-electron chi connectivity index (χ2n) is 9.36. The van der Waals surface area contributed by atoms with E-state index in [1.54, 1.807) is 29.3 Å². The van der Waals surface area contributed by atoms with Crippen LogP contribution in [0.15, 0.2) is 97.2 Å². The highest BCUT2D eigenvalue weighted by molar-refractivity contribution is 6.07. The topological polar surface area (TPSA) is 62.7 Å². The summed E-state index contributed by atoms with van der Waals surface area (Å²) in [6, 6.07) is 19.7. The molecule has 1 aliphatic rings. The SMILES string of the molecule is C/C=C(\C)C(Oc1c2c(c(CO)c3cccnc13)CN(Cc1ccc(F)cc1)C2=O)c1ccccc1.C=CC. The van der Waals surface area contributed by atoms with Crippen molar-refractivity contribution in [1.82, 2.24) is 9.88 Å². The van der Waals surface area contributed by atoms with E-state index in [1.807, 2.05) is 69.3 Å². The number of amides is 1. The predicted octanol–water partition coefficient (Wildman–Crippen LogP) is 7.30. The minimum absolute atomic E-state index is 0.198. The van der Waals surface area contributed by atoms with Gasteiger partial charge in [-0.05, 0) is 66.8 Å². The summed E-state index contributed by atoms with van der Waals surface area (Å²) in [7, 11) is 0. The summed E-state index contributed by atoms with van der Waals surface area (Å²) in [6.45, 7) is 9.62. The summed E-state index contributed by atoms with van der Waals surface area (Å²) in [5.74, 6) is -0.104. The summed E-state index contributed by atoms with van der Waals surface area (Å²) >= 11 is 0. The van der Waals surface area contributed by atoms with Gasteiger partial charge in [-0.3, -0.25) is 9.78 Å². The lowest BCUT2D eigenvalue weighted by Gasteiger charge is -2.23. The normalized spacial score (nSPS) is 13.5. The number of carbonyl (C=O) groups excluding carboxylic acids is 1. The van der Waals surface area contributed by atoms with Gasteiger partial charge in [0, 0.05) is 24.7 Å². The Hall–Kier alpha value is -4.29. The molecule has 5 rings (SSSR count). The number of halogens is 1. The molecule has 39 heavy (non-hydrogen) atoms. The van der Waals surface area contributed by atoms with Crippen LogP contribution in [0.1, 0.15) is 59.5 Å². The highest BCUT2D eigenvalue weighted by atomic mass is 19.1. The zero-order chi connectivity index (χ0) is 27.9. The lowest BCUT2D eigenvalue weighted by atomic mass is 9.96.